The van der Waals surface area contributed by atoms with Gasteiger partial charge in [0.15, 0.2) is 0 Å². The van der Waals surface area contributed by atoms with Gasteiger partial charge in [0.25, 0.3) is 0 Å². The molecule has 0 aliphatic rings. The topological polar surface area (TPSA) is 59.4 Å². The molecule has 88 valence electrons. The number of nitriles is 1. The summed E-state index contributed by atoms with van der Waals surface area (Å²) in [6.45, 7) is 5.40. The van der Waals surface area contributed by atoms with Gasteiger partial charge < -0.3 is 4.57 Å². The normalized spacial score (nSPS) is 10.5. The van der Waals surface area contributed by atoms with Crippen molar-refractivity contribution in [3.05, 3.63) is 34.1 Å². The van der Waals surface area contributed by atoms with Crippen molar-refractivity contribution in [3.8, 4) is 6.07 Å². The van der Waals surface area contributed by atoms with Crippen LogP contribution in [0.3, 0.4) is 0 Å². The van der Waals surface area contributed by atoms with Gasteiger partial charge in [0.2, 0.25) is 5.82 Å². The Hall–Kier alpha value is -1.61. The van der Waals surface area contributed by atoms with Gasteiger partial charge in [-0.1, -0.05) is 0 Å². The molecule has 17 heavy (non-hydrogen) atoms. The highest BCUT2D eigenvalue weighted by Crippen LogP contribution is 2.22. The molecule has 0 aliphatic heterocycles. The standard InChI is InChI=1S/C11H12BrN5/c1-3-17-9(11(12)8(2)15-17)7-16-5-4-14-10(16)6-13/h4-5H,3,7H2,1-2H3. The second-order valence-corrected chi connectivity index (χ2v) is 4.45. The molecule has 0 aromatic carbocycles. The summed E-state index contributed by atoms with van der Waals surface area (Å²) in [6, 6.07) is 2.07. The summed E-state index contributed by atoms with van der Waals surface area (Å²) in [7, 11) is 0. The maximum absolute atomic E-state index is 8.92. The number of nitrogens with zero attached hydrogens (tertiary/aromatic N) is 5. The molecule has 0 fully saturated rings. The second kappa shape index (κ2) is 4.72. The third kappa shape index (κ3) is 2.11. The molecule has 2 heterocycles. The molecule has 0 spiro atoms. The van der Waals surface area contributed by atoms with E-state index < -0.39 is 0 Å². The number of aryl methyl sites for hydroxylation is 2. The van der Waals surface area contributed by atoms with Gasteiger partial charge in [0, 0.05) is 18.9 Å². The predicted octanol–water partition coefficient (Wildman–Crippen LogP) is 2.09. The molecule has 5 nitrogen and oxygen atoms in total. The number of halogens is 1. The lowest BCUT2D eigenvalue weighted by atomic mass is 10.3. The predicted molar refractivity (Wildman–Crippen MR) is 66.4 cm³/mol. The van der Waals surface area contributed by atoms with E-state index in [0.29, 0.717) is 12.4 Å². The van der Waals surface area contributed by atoms with Crippen molar-refractivity contribution in [2.45, 2.75) is 26.9 Å². The van der Waals surface area contributed by atoms with Crippen molar-refractivity contribution in [1.29, 1.82) is 5.26 Å². The molecule has 0 saturated carbocycles. The summed E-state index contributed by atoms with van der Waals surface area (Å²) >= 11 is 3.53. The Morgan fingerprint density at radius 1 is 1.53 bits per heavy atom. The molecule has 2 aromatic heterocycles. The number of aromatic nitrogens is 4. The Balaban J connectivity index is 2.40. The average Bonchev–Trinajstić information content (AvgIpc) is 2.88. The Labute approximate surface area is 108 Å². The first-order chi connectivity index (χ1) is 8.17. The van der Waals surface area contributed by atoms with Crippen LogP contribution in [0.15, 0.2) is 16.9 Å². The van der Waals surface area contributed by atoms with Crippen LogP contribution in [0.5, 0.6) is 0 Å². The summed E-state index contributed by atoms with van der Waals surface area (Å²) < 4.78 is 4.74. The minimum atomic E-state index is 0.415. The van der Waals surface area contributed by atoms with Crippen LogP contribution < -0.4 is 0 Å². The maximum atomic E-state index is 8.92. The van der Waals surface area contributed by atoms with Crippen LogP contribution in [-0.4, -0.2) is 19.3 Å². The first-order valence-electron chi connectivity index (χ1n) is 5.30. The molecule has 6 heteroatoms. The van der Waals surface area contributed by atoms with Gasteiger partial charge in [0.05, 0.1) is 22.4 Å². The van der Waals surface area contributed by atoms with Crippen molar-refractivity contribution in [1.82, 2.24) is 19.3 Å². The van der Waals surface area contributed by atoms with E-state index in [4.69, 9.17) is 5.26 Å². The lowest BCUT2D eigenvalue weighted by molar-refractivity contribution is 0.594. The van der Waals surface area contributed by atoms with Gasteiger partial charge in [-0.3, -0.25) is 4.68 Å². The van der Waals surface area contributed by atoms with Crippen LogP contribution in [0.4, 0.5) is 0 Å². The third-order valence-corrected chi connectivity index (χ3v) is 3.62. The van der Waals surface area contributed by atoms with E-state index in [1.54, 1.807) is 12.4 Å². The van der Waals surface area contributed by atoms with E-state index in [1.807, 2.05) is 23.1 Å². The largest absolute Gasteiger partial charge is 0.317 e. The summed E-state index contributed by atoms with van der Waals surface area (Å²) in [5.74, 6) is 0.415. The first kappa shape index (κ1) is 11.9. The summed E-state index contributed by atoms with van der Waals surface area (Å²) in [6.07, 6.45) is 3.43. The minimum absolute atomic E-state index is 0.415. The Bertz CT molecular complexity index is 575. The van der Waals surface area contributed by atoms with Gasteiger partial charge in [-0.15, -0.1) is 0 Å². The van der Waals surface area contributed by atoms with E-state index in [1.165, 1.54) is 0 Å². The van der Waals surface area contributed by atoms with Gasteiger partial charge in [-0.25, -0.2) is 4.98 Å². The Morgan fingerprint density at radius 2 is 2.29 bits per heavy atom. The molecule has 0 unspecified atom stereocenters. The van der Waals surface area contributed by atoms with Gasteiger partial charge in [0.1, 0.15) is 6.07 Å². The first-order valence-corrected chi connectivity index (χ1v) is 6.09. The fourth-order valence-corrected chi connectivity index (χ4v) is 2.14. The molecule has 0 saturated heterocycles. The molecule has 0 radical (unpaired) electrons. The van der Waals surface area contributed by atoms with Crippen molar-refractivity contribution in [2.24, 2.45) is 0 Å². The summed E-state index contributed by atoms with van der Waals surface area (Å²) in [5.41, 5.74) is 2.01. The molecule has 2 aromatic rings. The molecule has 0 N–H and O–H groups in total. The zero-order valence-corrected chi connectivity index (χ0v) is 11.3. The zero-order valence-electron chi connectivity index (χ0n) is 9.68. The fraction of sp³-hybridized carbons (Fsp3) is 0.364. The van der Waals surface area contributed by atoms with Crippen molar-refractivity contribution in [3.63, 3.8) is 0 Å². The molecule has 2 rings (SSSR count). The lowest BCUT2D eigenvalue weighted by Gasteiger charge is -2.07. The van der Waals surface area contributed by atoms with Crippen LogP contribution in [0.2, 0.25) is 0 Å². The van der Waals surface area contributed by atoms with Gasteiger partial charge in [-0.05, 0) is 29.8 Å². The van der Waals surface area contributed by atoms with Gasteiger partial charge >= 0.3 is 0 Å². The summed E-state index contributed by atoms with van der Waals surface area (Å²) in [5, 5.41) is 13.3. The van der Waals surface area contributed by atoms with Crippen LogP contribution in [0, 0.1) is 18.3 Å². The third-order valence-electron chi connectivity index (χ3n) is 2.59. The molecular weight excluding hydrogens is 282 g/mol. The van der Waals surface area contributed by atoms with Crippen molar-refractivity contribution < 1.29 is 0 Å². The quantitative estimate of drug-likeness (QED) is 0.871. The molecule has 0 aliphatic carbocycles. The fourth-order valence-electron chi connectivity index (χ4n) is 1.73. The monoisotopic (exact) mass is 293 g/mol. The van der Waals surface area contributed by atoms with Crippen LogP contribution >= 0.6 is 15.9 Å². The number of hydrogen-bond acceptors (Lipinski definition) is 3. The van der Waals surface area contributed by atoms with Crippen molar-refractivity contribution >= 4 is 15.9 Å². The second-order valence-electron chi connectivity index (χ2n) is 3.65. The van der Waals surface area contributed by atoms with Crippen LogP contribution in [-0.2, 0) is 13.1 Å². The highest BCUT2D eigenvalue weighted by atomic mass is 79.9. The summed E-state index contributed by atoms with van der Waals surface area (Å²) in [4.78, 5) is 3.98. The Morgan fingerprint density at radius 3 is 2.94 bits per heavy atom. The Kier molecular flexibility index (Phi) is 3.29. The SMILES string of the molecule is CCn1nc(C)c(Br)c1Cn1ccnc1C#N. The van der Waals surface area contributed by atoms with E-state index in [0.717, 1.165) is 22.4 Å². The lowest BCUT2D eigenvalue weighted by Crippen LogP contribution is -2.09. The van der Waals surface area contributed by atoms with E-state index in [-0.39, 0.29) is 0 Å². The van der Waals surface area contributed by atoms with Crippen molar-refractivity contribution in [2.75, 3.05) is 0 Å². The van der Waals surface area contributed by atoms with Gasteiger partial charge in [-0.2, -0.15) is 10.4 Å². The number of hydrogen-bond donors (Lipinski definition) is 0. The number of imidazole rings is 1. The highest BCUT2D eigenvalue weighted by molar-refractivity contribution is 9.10. The zero-order chi connectivity index (χ0) is 12.4. The van der Waals surface area contributed by atoms with E-state index in [2.05, 4.69) is 32.1 Å². The highest BCUT2D eigenvalue weighted by Gasteiger charge is 2.13. The van der Waals surface area contributed by atoms with E-state index >= 15 is 0 Å². The molecule has 0 bridgehead atoms. The molecule has 0 atom stereocenters. The maximum Gasteiger partial charge on any atom is 0.213 e. The van der Waals surface area contributed by atoms with Crippen LogP contribution in [0.25, 0.3) is 0 Å². The smallest absolute Gasteiger partial charge is 0.213 e. The molecule has 0 amide bonds. The number of rotatable bonds is 3. The molecular formula is C11H12BrN5. The average molecular weight is 294 g/mol. The van der Waals surface area contributed by atoms with Crippen LogP contribution in [0.1, 0.15) is 24.1 Å². The van der Waals surface area contributed by atoms with E-state index in [9.17, 15) is 0 Å². The minimum Gasteiger partial charge on any atom is -0.317 e.